The SMILES string of the molecule is COc1ccc(COc2ncc3c(n2)CCOC3=O)cc1. The van der Waals surface area contributed by atoms with Crippen molar-refractivity contribution in [2.45, 2.75) is 13.0 Å². The normalized spacial score (nSPS) is 13.3. The van der Waals surface area contributed by atoms with Crippen molar-refractivity contribution in [3.05, 3.63) is 47.3 Å². The minimum atomic E-state index is -0.377. The van der Waals surface area contributed by atoms with Gasteiger partial charge < -0.3 is 14.2 Å². The second-order valence-corrected chi connectivity index (χ2v) is 4.54. The van der Waals surface area contributed by atoms with E-state index in [0.29, 0.717) is 30.9 Å². The average Bonchev–Trinajstić information content (AvgIpc) is 2.53. The summed E-state index contributed by atoms with van der Waals surface area (Å²) in [6.07, 6.45) is 2.04. The van der Waals surface area contributed by atoms with Crippen molar-refractivity contribution < 1.29 is 19.0 Å². The van der Waals surface area contributed by atoms with E-state index in [1.54, 1.807) is 7.11 Å². The van der Waals surface area contributed by atoms with Gasteiger partial charge in [-0.3, -0.25) is 0 Å². The Kier molecular flexibility index (Phi) is 3.68. The van der Waals surface area contributed by atoms with Crippen LogP contribution in [-0.2, 0) is 17.8 Å². The first kappa shape index (κ1) is 13.4. The minimum Gasteiger partial charge on any atom is -0.497 e. The molecule has 0 radical (unpaired) electrons. The highest BCUT2D eigenvalue weighted by atomic mass is 16.5. The van der Waals surface area contributed by atoms with Crippen LogP contribution in [0.5, 0.6) is 11.8 Å². The molecule has 0 fully saturated rings. The molecule has 0 N–H and O–H groups in total. The maximum Gasteiger partial charge on any atom is 0.341 e. The third kappa shape index (κ3) is 2.94. The molecule has 3 rings (SSSR count). The standard InChI is InChI=1S/C15H14N2O4/c1-19-11-4-2-10(3-5-11)9-21-15-16-8-12-13(17-15)6-7-20-14(12)18/h2-5,8H,6-7,9H2,1H3. The van der Waals surface area contributed by atoms with Crippen molar-refractivity contribution in [2.75, 3.05) is 13.7 Å². The highest BCUT2D eigenvalue weighted by Crippen LogP contribution is 2.17. The number of hydrogen-bond donors (Lipinski definition) is 0. The molecule has 1 aliphatic heterocycles. The summed E-state index contributed by atoms with van der Waals surface area (Å²) in [4.78, 5) is 19.8. The second kappa shape index (κ2) is 5.78. The molecule has 21 heavy (non-hydrogen) atoms. The molecule has 0 aliphatic carbocycles. The minimum absolute atomic E-state index is 0.263. The van der Waals surface area contributed by atoms with Gasteiger partial charge in [-0.15, -0.1) is 0 Å². The lowest BCUT2D eigenvalue weighted by Gasteiger charge is -2.14. The average molecular weight is 286 g/mol. The van der Waals surface area contributed by atoms with Gasteiger partial charge >= 0.3 is 12.0 Å². The fraction of sp³-hybridized carbons (Fsp3) is 0.267. The summed E-state index contributed by atoms with van der Waals surface area (Å²) in [6, 6.07) is 7.81. The number of carbonyl (C=O) groups excluding carboxylic acids is 1. The fourth-order valence-corrected chi connectivity index (χ4v) is 2.02. The van der Waals surface area contributed by atoms with Crippen LogP contribution in [0.3, 0.4) is 0 Å². The smallest absolute Gasteiger partial charge is 0.341 e. The first-order valence-corrected chi connectivity index (χ1v) is 6.55. The lowest BCUT2D eigenvalue weighted by molar-refractivity contribution is 0.0475. The molecule has 0 amide bonds. The molecule has 0 unspecified atom stereocenters. The van der Waals surface area contributed by atoms with Gasteiger partial charge in [0.05, 0.1) is 25.0 Å². The molecule has 0 bridgehead atoms. The molecule has 108 valence electrons. The molecular weight excluding hydrogens is 272 g/mol. The Morgan fingerprint density at radius 3 is 2.86 bits per heavy atom. The summed E-state index contributed by atoms with van der Waals surface area (Å²) >= 11 is 0. The van der Waals surface area contributed by atoms with Gasteiger partial charge in [-0.2, -0.15) is 4.98 Å². The highest BCUT2D eigenvalue weighted by Gasteiger charge is 2.21. The van der Waals surface area contributed by atoms with Crippen LogP contribution >= 0.6 is 0 Å². The Balaban J connectivity index is 1.69. The van der Waals surface area contributed by atoms with Crippen molar-refractivity contribution in [2.24, 2.45) is 0 Å². The predicted molar refractivity (Wildman–Crippen MR) is 73.3 cm³/mol. The maximum absolute atomic E-state index is 11.5. The summed E-state index contributed by atoms with van der Waals surface area (Å²) in [5.41, 5.74) is 2.07. The van der Waals surface area contributed by atoms with Crippen LogP contribution in [0.2, 0.25) is 0 Å². The van der Waals surface area contributed by atoms with Gasteiger partial charge in [-0.05, 0) is 17.7 Å². The Labute approximate surface area is 121 Å². The zero-order chi connectivity index (χ0) is 14.7. The monoisotopic (exact) mass is 286 g/mol. The van der Waals surface area contributed by atoms with Crippen LogP contribution in [0.4, 0.5) is 0 Å². The van der Waals surface area contributed by atoms with E-state index in [-0.39, 0.29) is 12.0 Å². The Hall–Kier alpha value is -2.63. The third-order valence-corrected chi connectivity index (χ3v) is 3.16. The Morgan fingerprint density at radius 1 is 1.29 bits per heavy atom. The maximum atomic E-state index is 11.5. The van der Waals surface area contributed by atoms with Gasteiger partial charge in [0.15, 0.2) is 0 Å². The van der Waals surface area contributed by atoms with E-state index in [4.69, 9.17) is 14.2 Å². The largest absolute Gasteiger partial charge is 0.497 e. The van der Waals surface area contributed by atoms with Crippen molar-refractivity contribution >= 4 is 5.97 Å². The Morgan fingerprint density at radius 2 is 2.10 bits per heavy atom. The van der Waals surface area contributed by atoms with Crippen molar-refractivity contribution in [1.82, 2.24) is 9.97 Å². The molecule has 6 nitrogen and oxygen atoms in total. The number of hydrogen-bond acceptors (Lipinski definition) is 6. The van der Waals surface area contributed by atoms with Crippen LogP contribution in [0.25, 0.3) is 0 Å². The molecule has 1 aliphatic rings. The number of nitrogens with zero attached hydrogens (tertiary/aromatic N) is 2. The topological polar surface area (TPSA) is 70.5 Å². The van der Waals surface area contributed by atoms with Gasteiger partial charge in [0.25, 0.3) is 0 Å². The predicted octanol–water partition coefficient (Wildman–Crippen LogP) is 1.78. The molecule has 0 saturated carbocycles. The quantitative estimate of drug-likeness (QED) is 0.798. The van der Waals surface area contributed by atoms with Gasteiger partial charge in [0.2, 0.25) is 0 Å². The number of aromatic nitrogens is 2. The summed E-state index contributed by atoms with van der Waals surface area (Å²) < 4.78 is 15.6. The van der Waals surface area contributed by atoms with Crippen LogP contribution in [0.15, 0.2) is 30.5 Å². The molecule has 0 saturated heterocycles. The number of benzene rings is 1. The van der Waals surface area contributed by atoms with Crippen LogP contribution in [-0.4, -0.2) is 29.7 Å². The molecule has 2 heterocycles. The van der Waals surface area contributed by atoms with Gasteiger partial charge in [-0.25, -0.2) is 9.78 Å². The third-order valence-electron chi connectivity index (χ3n) is 3.16. The van der Waals surface area contributed by atoms with Crippen molar-refractivity contribution in [3.8, 4) is 11.8 Å². The van der Waals surface area contributed by atoms with Crippen LogP contribution in [0, 0.1) is 0 Å². The van der Waals surface area contributed by atoms with Crippen molar-refractivity contribution in [3.63, 3.8) is 0 Å². The number of carbonyl (C=O) groups is 1. The first-order chi connectivity index (χ1) is 10.3. The molecule has 0 spiro atoms. The van der Waals surface area contributed by atoms with Gasteiger partial charge in [-0.1, -0.05) is 12.1 Å². The molecular formula is C15H14N2O4. The van der Waals surface area contributed by atoms with Crippen LogP contribution in [0.1, 0.15) is 21.6 Å². The van der Waals surface area contributed by atoms with Gasteiger partial charge in [0.1, 0.15) is 12.4 Å². The van der Waals surface area contributed by atoms with E-state index < -0.39 is 0 Å². The molecule has 6 heteroatoms. The number of fused-ring (bicyclic) bond motifs is 1. The van der Waals surface area contributed by atoms with Gasteiger partial charge in [0, 0.05) is 12.6 Å². The zero-order valence-corrected chi connectivity index (χ0v) is 11.5. The van der Waals surface area contributed by atoms with Crippen molar-refractivity contribution in [1.29, 1.82) is 0 Å². The number of esters is 1. The Bertz CT molecular complexity index is 655. The number of methoxy groups -OCH3 is 1. The van der Waals surface area contributed by atoms with Crippen LogP contribution < -0.4 is 9.47 Å². The van der Waals surface area contributed by atoms with E-state index in [0.717, 1.165) is 11.3 Å². The summed E-state index contributed by atoms with van der Waals surface area (Å²) in [5.74, 6) is 0.417. The van der Waals surface area contributed by atoms with E-state index in [1.807, 2.05) is 24.3 Å². The number of ether oxygens (including phenoxy) is 3. The zero-order valence-electron chi connectivity index (χ0n) is 11.5. The molecule has 1 aromatic heterocycles. The molecule has 1 aromatic carbocycles. The molecule has 0 atom stereocenters. The lowest BCUT2D eigenvalue weighted by atomic mass is 10.1. The molecule has 2 aromatic rings. The second-order valence-electron chi connectivity index (χ2n) is 4.54. The summed E-state index contributed by atoms with van der Waals surface area (Å²) in [7, 11) is 1.62. The van der Waals surface area contributed by atoms with E-state index in [1.165, 1.54) is 6.20 Å². The highest BCUT2D eigenvalue weighted by molar-refractivity contribution is 5.91. The fourth-order valence-electron chi connectivity index (χ4n) is 2.02. The number of cyclic esters (lactones) is 1. The summed E-state index contributed by atoms with van der Waals surface area (Å²) in [5, 5.41) is 0. The van der Waals surface area contributed by atoms with E-state index >= 15 is 0 Å². The van der Waals surface area contributed by atoms with E-state index in [2.05, 4.69) is 9.97 Å². The lowest BCUT2D eigenvalue weighted by Crippen LogP contribution is -2.19. The summed E-state index contributed by atoms with van der Waals surface area (Å²) in [6.45, 7) is 0.702. The first-order valence-electron chi connectivity index (χ1n) is 6.55. The number of rotatable bonds is 4. The van der Waals surface area contributed by atoms with E-state index in [9.17, 15) is 4.79 Å².